The maximum atomic E-state index is 13.2. The molecule has 4 nitrogen and oxygen atoms in total. The first-order valence-corrected chi connectivity index (χ1v) is 5.21. The zero-order valence-corrected chi connectivity index (χ0v) is 9.14. The predicted molar refractivity (Wildman–Crippen MR) is 62.8 cm³/mol. The number of hydrogen-bond acceptors (Lipinski definition) is 3. The zero-order valence-electron chi connectivity index (χ0n) is 9.14. The molecular weight excluding hydrogens is 238 g/mol. The molecule has 90 valence electrons. The maximum Gasteiger partial charge on any atom is 0.240 e. The van der Waals surface area contributed by atoms with E-state index in [1.54, 1.807) is 18.3 Å². The molecule has 6 heteroatoms. The standard InChI is InChI=1S/C12H8F2N4/c13-9-3-1-7(5-10(9)14)8-2-4-11-16-12(15)17-18(11)6-8/h1-6H,(H2,15,17). The molecule has 0 aliphatic rings. The molecule has 1 aromatic carbocycles. The van der Waals surface area contributed by atoms with Crippen LogP contribution >= 0.6 is 0 Å². The number of nitrogens with two attached hydrogens (primary N) is 1. The third-order valence-corrected chi connectivity index (χ3v) is 2.60. The number of hydrogen-bond donors (Lipinski definition) is 1. The minimum absolute atomic E-state index is 0.164. The zero-order chi connectivity index (χ0) is 12.7. The molecule has 0 atom stereocenters. The highest BCUT2D eigenvalue weighted by Crippen LogP contribution is 2.21. The van der Waals surface area contributed by atoms with E-state index < -0.39 is 11.6 Å². The highest BCUT2D eigenvalue weighted by atomic mass is 19.2. The van der Waals surface area contributed by atoms with Crippen molar-refractivity contribution in [3.63, 3.8) is 0 Å². The number of pyridine rings is 1. The number of benzene rings is 1. The summed E-state index contributed by atoms with van der Waals surface area (Å²) < 4.78 is 27.5. The highest BCUT2D eigenvalue weighted by Gasteiger charge is 2.06. The van der Waals surface area contributed by atoms with Crippen LogP contribution in [-0.4, -0.2) is 14.6 Å². The largest absolute Gasteiger partial charge is 0.366 e. The average Bonchev–Trinajstić information content (AvgIpc) is 2.71. The van der Waals surface area contributed by atoms with E-state index in [0.29, 0.717) is 16.8 Å². The van der Waals surface area contributed by atoms with Crippen LogP contribution < -0.4 is 5.73 Å². The van der Waals surface area contributed by atoms with Gasteiger partial charge >= 0.3 is 0 Å². The molecule has 0 aliphatic carbocycles. The van der Waals surface area contributed by atoms with Crippen molar-refractivity contribution in [3.8, 4) is 11.1 Å². The van der Waals surface area contributed by atoms with E-state index in [0.717, 1.165) is 12.1 Å². The van der Waals surface area contributed by atoms with Gasteiger partial charge in [-0.15, -0.1) is 5.10 Å². The predicted octanol–water partition coefficient (Wildman–Crippen LogP) is 2.26. The molecule has 2 heterocycles. The minimum Gasteiger partial charge on any atom is -0.366 e. The summed E-state index contributed by atoms with van der Waals surface area (Å²) in [4.78, 5) is 3.98. The SMILES string of the molecule is Nc1nc2ccc(-c3ccc(F)c(F)c3)cn2n1. The number of halogens is 2. The molecule has 0 amide bonds. The van der Waals surface area contributed by atoms with Crippen molar-refractivity contribution < 1.29 is 8.78 Å². The third-order valence-electron chi connectivity index (χ3n) is 2.60. The van der Waals surface area contributed by atoms with Gasteiger partial charge < -0.3 is 5.73 Å². The summed E-state index contributed by atoms with van der Waals surface area (Å²) in [5.74, 6) is -1.59. The topological polar surface area (TPSA) is 56.2 Å². The van der Waals surface area contributed by atoms with E-state index in [1.807, 2.05) is 0 Å². The lowest BCUT2D eigenvalue weighted by Gasteiger charge is -2.02. The lowest BCUT2D eigenvalue weighted by atomic mass is 10.1. The number of nitrogen functional groups attached to an aromatic ring is 1. The molecule has 18 heavy (non-hydrogen) atoms. The van der Waals surface area contributed by atoms with Crippen LogP contribution in [0.3, 0.4) is 0 Å². The Kier molecular flexibility index (Phi) is 2.22. The van der Waals surface area contributed by atoms with Gasteiger partial charge in [-0.3, -0.25) is 0 Å². The number of rotatable bonds is 1. The van der Waals surface area contributed by atoms with E-state index in [1.165, 1.54) is 10.6 Å². The van der Waals surface area contributed by atoms with Crippen LogP contribution in [0, 0.1) is 11.6 Å². The number of nitrogens with zero attached hydrogens (tertiary/aromatic N) is 3. The van der Waals surface area contributed by atoms with E-state index in [4.69, 9.17) is 5.73 Å². The van der Waals surface area contributed by atoms with Crippen molar-refractivity contribution in [2.24, 2.45) is 0 Å². The fourth-order valence-corrected chi connectivity index (χ4v) is 1.75. The van der Waals surface area contributed by atoms with Gasteiger partial charge in [-0.2, -0.15) is 4.98 Å². The Morgan fingerprint density at radius 1 is 1.00 bits per heavy atom. The number of aromatic nitrogens is 3. The first-order valence-electron chi connectivity index (χ1n) is 5.21. The molecule has 2 aromatic heterocycles. The van der Waals surface area contributed by atoms with Gasteiger partial charge in [0.2, 0.25) is 5.95 Å². The summed E-state index contributed by atoms with van der Waals surface area (Å²) in [6.07, 6.45) is 1.66. The highest BCUT2D eigenvalue weighted by molar-refractivity contribution is 5.64. The first kappa shape index (κ1) is 10.6. The molecule has 0 fully saturated rings. The molecule has 0 saturated carbocycles. The van der Waals surface area contributed by atoms with E-state index >= 15 is 0 Å². The van der Waals surface area contributed by atoms with E-state index in [-0.39, 0.29) is 5.95 Å². The van der Waals surface area contributed by atoms with Gasteiger partial charge in [-0.25, -0.2) is 13.3 Å². The fraction of sp³-hybridized carbons (Fsp3) is 0. The summed E-state index contributed by atoms with van der Waals surface area (Å²) in [5, 5.41) is 3.95. The van der Waals surface area contributed by atoms with Crippen molar-refractivity contribution in [1.82, 2.24) is 14.6 Å². The van der Waals surface area contributed by atoms with Gasteiger partial charge in [0.05, 0.1) is 0 Å². The number of fused-ring (bicyclic) bond motifs is 1. The Morgan fingerprint density at radius 3 is 2.56 bits per heavy atom. The molecular formula is C12H8F2N4. The molecule has 3 rings (SSSR count). The van der Waals surface area contributed by atoms with Crippen LogP contribution in [0.15, 0.2) is 36.5 Å². The normalized spacial score (nSPS) is 11.0. The van der Waals surface area contributed by atoms with Gasteiger partial charge in [-0.1, -0.05) is 6.07 Å². The minimum atomic E-state index is -0.884. The second kappa shape index (κ2) is 3.76. The molecule has 0 radical (unpaired) electrons. The van der Waals surface area contributed by atoms with Crippen molar-refractivity contribution >= 4 is 11.6 Å². The average molecular weight is 246 g/mol. The Labute approximate surface area is 101 Å². The Hall–Kier alpha value is -2.50. The van der Waals surface area contributed by atoms with Gasteiger partial charge in [0.25, 0.3) is 0 Å². The molecule has 0 spiro atoms. The maximum absolute atomic E-state index is 13.2. The monoisotopic (exact) mass is 246 g/mol. The Balaban J connectivity index is 2.15. The molecule has 3 aromatic rings. The Bertz CT molecular complexity index is 736. The molecule has 0 unspecified atom stereocenters. The summed E-state index contributed by atoms with van der Waals surface area (Å²) in [7, 11) is 0. The summed E-state index contributed by atoms with van der Waals surface area (Å²) in [5.41, 5.74) is 7.33. The van der Waals surface area contributed by atoms with Gasteiger partial charge in [0, 0.05) is 11.8 Å². The second-order valence-electron chi connectivity index (χ2n) is 3.82. The lowest BCUT2D eigenvalue weighted by Crippen LogP contribution is -1.91. The van der Waals surface area contributed by atoms with Crippen LogP contribution in [0.4, 0.5) is 14.7 Å². The van der Waals surface area contributed by atoms with Crippen molar-refractivity contribution in [2.45, 2.75) is 0 Å². The molecule has 2 N–H and O–H groups in total. The molecule has 0 bridgehead atoms. The second-order valence-corrected chi connectivity index (χ2v) is 3.82. The van der Waals surface area contributed by atoms with Gasteiger partial charge in [-0.05, 0) is 29.8 Å². The van der Waals surface area contributed by atoms with Crippen molar-refractivity contribution in [2.75, 3.05) is 5.73 Å². The first-order chi connectivity index (χ1) is 8.63. The van der Waals surface area contributed by atoms with Crippen molar-refractivity contribution in [3.05, 3.63) is 48.2 Å². The smallest absolute Gasteiger partial charge is 0.240 e. The van der Waals surface area contributed by atoms with Crippen LogP contribution in [0.5, 0.6) is 0 Å². The van der Waals surface area contributed by atoms with E-state index in [9.17, 15) is 8.78 Å². The van der Waals surface area contributed by atoms with Crippen molar-refractivity contribution in [1.29, 1.82) is 0 Å². The van der Waals surface area contributed by atoms with E-state index in [2.05, 4.69) is 10.1 Å². The molecule has 0 saturated heterocycles. The van der Waals surface area contributed by atoms with Crippen LogP contribution in [0.1, 0.15) is 0 Å². The van der Waals surface area contributed by atoms with Crippen LogP contribution in [0.25, 0.3) is 16.8 Å². The number of anilines is 1. The lowest BCUT2D eigenvalue weighted by molar-refractivity contribution is 0.509. The van der Waals surface area contributed by atoms with Crippen LogP contribution in [-0.2, 0) is 0 Å². The Morgan fingerprint density at radius 2 is 1.78 bits per heavy atom. The van der Waals surface area contributed by atoms with Crippen LogP contribution in [0.2, 0.25) is 0 Å². The van der Waals surface area contributed by atoms with Gasteiger partial charge in [0.15, 0.2) is 17.3 Å². The third kappa shape index (κ3) is 1.67. The fourth-order valence-electron chi connectivity index (χ4n) is 1.75. The quantitative estimate of drug-likeness (QED) is 0.716. The molecule has 0 aliphatic heterocycles. The summed E-state index contributed by atoms with van der Waals surface area (Å²) in [6.45, 7) is 0. The summed E-state index contributed by atoms with van der Waals surface area (Å²) >= 11 is 0. The summed E-state index contributed by atoms with van der Waals surface area (Å²) in [6, 6.07) is 7.18. The van der Waals surface area contributed by atoms with Gasteiger partial charge in [0.1, 0.15) is 0 Å².